The van der Waals surface area contributed by atoms with Gasteiger partial charge in [-0.1, -0.05) is 0 Å². The molecule has 0 aliphatic carbocycles. The summed E-state index contributed by atoms with van der Waals surface area (Å²) in [6.07, 6.45) is 0. The van der Waals surface area contributed by atoms with Crippen molar-refractivity contribution in [2.24, 2.45) is 11.5 Å². The van der Waals surface area contributed by atoms with E-state index in [9.17, 15) is 14.4 Å². The van der Waals surface area contributed by atoms with Crippen LogP contribution in [0.25, 0.3) is 0 Å². The normalized spacial score (nSPS) is 9.88. The van der Waals surface area contributed by atoms with Crippen molar-refractivity contribution in [3.05, 3.63) is 11.8 Å². The number of nitrogens with two attached hydrogens (primary N) is 3. The second-order valence-corrected chi connectivity index (χ2v) is 3.30. The number of primary amides is 2. The maximum absolute atomic E-state index is 11.8. The van der Waals surface area contributed by atoms with Crippen molar-refractivity contribution < 1.29 is 14.4 Å². The van der Waals surface area contributed by atoms with Gasteiger partial charge in [0.15, 0.2) is 0 Å². The van der Waals surface area contributed by atoms with Gasteiger partial charge in [-0.2, -0.15) is 5.10 Å². The third-order valence-electron chi connectivity index (χ3n) is 1.81. The predicted octanol–water partition coefficient (Wildman–Crippen LogP) is -2.60. The Morgan fingerprint density at radius 1 is 1.24 bits per heavy atom. The molecular weight excluding hydrogens is 228 g/mol. The Bertz CT molecular complexity index is 438. The Labute approximate surface area is 95.9 Å². The molecule has 0 saturated carbocycles. The van der Waals surface area contributed by atoms with Gasteiger partial charge in [0.25, 0.3) is 5.91 Å². The SMILES string of the molecule is NC(=O)CN(CC(N)=O)C(=O)c1cc(N)n[nH]1. The van der Waals surface area contributed by atoms with E-state index in [1.165, 1.54) is 6.07 Å². The molecule has 17 heavy (non-hydrogen) atoms. The first-order valence-electron chi connectivity index (χ1n) is 4.57. The lowest BCUT2D eigenvalue weighted by atomic mass is 10.3. The summed E-state index contributed by atoms with van der Waals surface area (Å²) in [5.41, 5.74) is 15.3. The molecule has 0 aromatic carbocycles. The van der Waals surface area contributed by atoms with E-state index in [0.717, 1.165) is 4.90 Å². The van der Waals surface area contributed by atoms with E-state index in [0.29, 0.717) is 0 Å². The molecule has 92 valence electrons. The van der Waals surface area contributed by atoms with Crippen molar-refractivity contribution in [2.45, 2.75) is 0 Å². The number of rotatable bonds is 5. The molecule has 1 aromatic heterocycles. The zero-order valence-corrected chi connectivity index (χ0v) is 8.84. The molecule has 7 N–H and O–H groups in total. The van der Waals surface area contributed by atoms with Crippen LogP contribution in [-0.2, 0) is 9.59 Å². The number of nitrogens with zero attached hydrogens (tertiary/aromatic N) is 2. The largest absolute Gasteiger partial charge is 0.382 e. The number of amides is 3. The topological polar surface area (TPSA) is 161 Å². The van der Waals surface area contributed by atoms with Crippen molar-refractivity contribution >= 4 is 23.5 Å². The minimum Gasteiger partial charge on any atom is -0.382 e. The predicted molar refractivity (Wildman–Crippen MR) is 57.3 cm³/mol. The fourth-order valence-corrected chi connectivity index (χ4v) is 1.19. The summed E-state index contributed by atoms with van der Waals surface area (Å²) in [7, 11) is 0. The second kappa shape index (κ2) is 4.96. The van der Waals surface area contributed by atoms with Crippen molar-refractivity contribution in [3.63, 3.8) is 0 Å². The molecule has 0 spiro atoms. The maximum Gasteiger partial charge on any atom is 0.272 e. The molecule has 9 heteroatoms. The number of hydrogen-bond donors (Lipinski definition) is 4. The summed E-state index contributed by atoms with van der Waals surface area (Å²) < 4.78 is 0. The van der Waals surface area contributed by atoms with Crippen LogP contribution in [0.1, 0.15) is 10.5 Å². The minimum absolute atomic E-state index is 0.0463. The lowest BCUT2D eigenvalue weighted by molar-refractivity contribution is -0.121. The molecule has 9 nitrogen and oxygen atoms in total. The van der Waals surface area contributed by atoms with Gasteiger partial charge in [-0.15, -0.1) is 0 Å². The van der Waals surface area contributed by atoms with Crippen LogP contribution in [0.2, 0.25) is 0 Å². The highest BCUT2D eigenvalue weighted by atomic mass is 16.2. The number of anilines is 1. The van der Waals surface area contributed by atoms with E-state index >= 15 is 0 Å². The zero-order chi connectivity index (χ0) is 13.0. The van der Waals surface area contributed by atoms with Crippen molar-refractivity contribution in [2.75, 3.05) is 18.8 Å². The maximum atomic E-state index is 11.8. The number of nitrogen functional groups attached to an aromatic ring is 1. The van der Waals surface area contributed by atoms with Gasteiger partial charge >= 0.3 is 0 Å². The van der Waals surface area contributed by atoms with Gasteiger partial charge in [0, 0.05) is 6.07 Å². The minimum atomic E-state index is -0.757. The number of aromatic nitrogens is 2. The van der Waals surface area contributed by atoms with Gasteiger partial charge in [0.2, 0.25) is 11.8 Å². The number of H-pyrrole nitrogens is 1. The summed E-state index contributed by atoms with van der Waals surface area (Å²) in [5, 5.41) is 5.91. The molecule has 0 radical (unpaired) electrons. The van der Waals surface area contributed by atoms with E-state index in [1.807, 2.05) is 0 Å². The molecule has 0 bridgehead atoms. The van der Waals surface area contributed by atoms with Crippen molar-refractivity contribution in [1.29, 1.82) is 0 Å². The summed E-state index contributed by atoms with van der Waals surface area (Å²) in [4.78, 5) is 34.2. The van der Waals surface area contributed by atoms with Crippen molar-refractivity contribution in [1.82, 2.24) is 15.1 Å². The first-order valence-corrected chi connectivity index (χ1v) is 4.57. The Balaban J connectivity index is 2.85. The van der Waals surface area contributed by atoms with E-state index in [4.69, 9.17) is 17.2 Å². The average Bonchev–Trinajstić information content (AvgIpc) is 2.61. The first kappa shape index (κ1) is 12.5. The molecule has 0 saturated heterocycles. The number of nitrogens with one attached hydrogen (secondary N) is 1. The van der Waals surface area contributed by atoms with Gasteiger partial charge in [-0.3, -0.25) is 19.5 Å². The van der Waals surface area contributed by atoms with Crippen LogP contribution < -0.4 is 17.2 Å². The van der Waals surface area contributed by atoms with Crippen LogP contribution in [0.3, 0.4) is 0 Å². The average molecular weight is 240 g/mol. The van der Waals surface area contributed by atoms with E-state index < -0.39 is 30.8 Å². The Kier molecular flexibility index (Phi) is 3.65. The number of aromatic amines is 1. The number of carbonyl (C=O) groups is 3. The van der Waals surface area contributed by atoms with Gasteiger partial charge in [-0.25, -0.2) is 0 Å². The smallest absolute Gasteiger partial charge is 0.272 e. The lowest BCUT2D eigenvalue weighted by Gasteiger charge is -2.18. The molecule has 1 rings (SSSR count). The monoisotopic (exact) mass is 240 g/mol. The van der Waals surface area contributed by atoms with E-state index in [-0.39, 0.29) is 11.5 Å². The zero-order valence-electron chi connectivity index (χ0n) is 8.84. The fraction of sp³-hybridized carbons (Fsp3) is 0.250. The van der Waals surface area contributed by atoms with Crippen molar-refractivity contribution in [3.8, 4) is 0 Å². The molecule has 0 fully saturated rings. The van der Waals surface area contributed by atoms with Gasteiger partial charge in [-0.05, 0) is 0 Å². The van der Waals surface area contributed by atoms with Gasteiger partial charge in [0.1, 0.15) is 24.6 Å². The standard InChI is InChI=1S/C8H12N6O3/c9-5-1-4(12-13-5)8(17)14(2-6(10)15)3-7(11)16/h1H,2-3H2,(H2,10,15)(H2,11,16)(H3,9,12,13). The van der Waals surface area contributed by atoms with Crippen LogP contribution >= 0.6 is 0 Å². The summed E-state index contributed by atoms with van der Waals surface area (Å²) in [6, 6.07) is 1.28. The second-order valence-electron chi connectivity index (χ2n) is 3.30. The quantitative estimate of drug-likeness (QED) is 0.443. The highest BCUT2D eigenvalue weighted by Gasteiger charge is 2.21. The van der Waals surface area contributed by atoms with E-state index in [2.05, 4.69) is 10.2 Å². The molecule has 0 atom stereocenters. The third-order valence-corrected chi connectivity index (χ3v) is 1.81. The van der Waals surface area contributed by atoms with Crippen LogP contribution in [0.4, 0.5) is 5.82 Å². The molecule has 0 aliphatic rings. The summed E-state index contributed by atoms with van der Waals surface area (Å²) >= 11 is 0. The summed E-state index contributed by atoms with van der Waals surface area (Å²) in [6.45, 7) is -0.832. The Morgan fingerprint density at radius 3 is 2.12 bits per heavy atom. The van der Waals surface area contributed by atoms with Gasteiger partial charge in [0.05, 0.1) is 0 Å². The molecule has 1 aromatic rings. The van der Waals surface area contributed by atoms with Crippen LogP contribution in [-0.4, -0.2) is 45.9 Å². The Hall–Kier alpha value is -2.58. The Morgan fingerprint density at radius 2 is 1.76 bits per heavy atom. The third kappa shape index (κ3) is 3.48. The van der Waals surface area contributed by atoms with E-state index in [1.54, 1.807) is 0 Å². The van der Waals surface area contributed by atoms with Crippen LogP contribution in [0.5, 0.6) is 0 Å². The number of hydrogen-bond acceptors (Lipinski definition) is 5. The molecule has 0 unspecified atom stereocenters. The highest BCUT2D eigenvalue weighted by Crippen LogP contribution is 2.04. The van der Waals surface area contributed by atoms with Crippen LogP contribution in [0, 0.1) is 0 Å². The highest BCUT2D eigenvalue weighted by molar-refractivity contribution is 5.97. The fourth-order valence-electron chi connectivity index (χ4n) is 1.19. The molecule has 3 amide bonds. The molecular formula is C8H12N6O3. The first-order chi connectivity index (χ1) is 7.90. The lowest BCUT2D eigenvalue weighted by Crippen LogP contribution is -2.43. The molecule has 0 aliphatic heterocycles. The number of carbonyl (C=O) groups excluding carboxylic acids is 3. The molecule has 1 heterocycles. The van der Waals surface area contributed by atoms with Crippen LogP contribution in [0.15, 0.2) is 6.07 Å². The van der Waals surface area contributed by atoms with Gasteiger partial charge < -0.3 is 22.1 Å². The summed E-state index contributed by atoms with van der Waals surface area (Å²) in [5.74, 6) is -2.03.